The lowest BCUT2D eigenvalue weighted by Crippen LogP contribution is -2.25. The Balaban J connectivity index is 1.75. The fourth-order valence-electron chi connectivity index (χ4n) is 2.15. The van der Waals surface area contributed by atoms with Crippen LogP contribution >= 0.6 is 11.8 Å². The molecule has 8 heteroatoms. The first-order valence-corrected chi connectivity index (χ1v) is 8.38. The van der Waals surface area contributed by atoms with Gasteiger partial charge in [0.2, 0.25) is 5.16 Å². The molecule has 1 N–H and O–H groups in total. The molecule has 0 bridgehead atoms. The SMILES string of the molecule is Cc1nnc(SCc2cccc(F)c2)n1NC(=O)c1ccccc1F. The van der Waals surface area contributed by atoms with E-state index in [4.69, 9.17) is 0 Å². The van der Waals surface area contributed by atoms with Crippen molar-refractivity contribution in [3.05, 3.63) is 77.1 Å². The molecule has 0 unspecified atom stereocenters. The standard InChI is InChI=1S/C17H14F2N4OS/c1-11-20-21-17(25-10-12-5-4-6-13(18)9-12)23(11)22-16(24)14-7-2-3-8-15(14)19/h2-9H,10H2,1H3,(H,22,24). The minimum Gasteiger partial charge on any atom is -0.267 e. The van der Waals surface area contributed by atoms with Crippen LogP contribution < -0.4 is 5.43 Å². The molecule has 0 atom stereocenters. The fraction of sp³-hybridized carbons (Fsp3) is 0.118. The van der Waals surface area contributed by atoms with Gasteiger partial charge in [-0.15, -0.1) is 10.2 Å². The van der Waals surface area contributed by atoms with Gasteiger partial charge >= 0.3 is 0 Å². The zero-order valence-corrected chi connectivity index (χ0v) is 14.1. The zero-order valence-electron chi connectivity index (χ0n) is 13.2. The van der Waals surface area contributed by atoms with Crippen molar-refractivity contribution in [1.82, 2.24) is 14.9 Å². The van der Waals surface area contributed by atoms with E-state index in [0.717, 1.165) is 5.56 Å². The van der Waals surface area contributed by atoms with Gasteiger partial charge in [0.15, 0.2) is 0 Å². The van der Waals surface area contributed by atoms with Gasteiger partial charge in [0.25, 0.3) is 5.91 Å². The van der Waals surface area contributed by atoms with E-state index in [0.29, 0.717) is 16.7 Å². The highest BCUT2D eigenvalue weighted by molar-refractivity contribution is 7.98. The summed E-state index contributed by atoms with van der Waals surface area (Å²) in [5.41, 5.74) is 3.28. The summed E-state index contributed by atoms with van der Waals surface area (Å²) in [7, 11) is 0. The van der Waals surface area contributed by atoms with E-state index in [2.05, 4.69) is 15.6 Å². The highest BCUT2D eigenvalue weighted by Crippen LogP contribution is 2.21. The minimum absolute atomic E-state index is 0.0725. The summed E-state index contributed by atoms with van der Waals surface area (Å²) in [5, 5.41) is 8.34. The minimum atomic E-state index is -0.611. The van der Waals surface area contributed by atoms with E-state index in [1.165, 1.54) is 46.8 Å². The Morgan fingerprint density at radius 3 is 2.72 bits per heavy atom. The number of carbonyl (C=O) groups is 1. The van der Waals surface area contributed by atoms with E-state index in [9.17, 15) is 13.6 Å². The van der Waals surface area contributed by atoms with Gasteiger partial charge in [0.05, 0.1) is 5.56 Å². The number of hydrogen-bond acceptors (Lipinski definition) is 4. The predicted octanol–water partition coefficient (Wildman–Crippen LogP) is 3.54. The second-order valence-corrected chi connectivity index (χ2v) is 6.15. The number of hydrogen-bond donors (Lipinski definition) is 1. The first-order chi connectivity index (χ1) is 12.0. The van der Waals surface area contributed by atoms with Crippen molar-refractivity contribution in [2.45, 2.75) is 17.8 Å². The van der Waals surface area contributed by atoms with E-state index in [1.807, 2.05) is 0 Å². The summed E-state index contributed by atoms with van der Waals surface area (Å²) in [6.07, 6.45) is 0. The second-order valence-electron chi connectivity index (χ2n) is 5.20. The molecular formula is C17H14F2N4OS. The number of nitrogens with zero attached hydrogens (tertiary/aromatic N) is 3. The van der Waals surface area contributed by atoms with Gasteiger partial charge in [-0.25, -0.2) is 13.5 Å². The number of aromatic nitrogens is 3. The molecule has 3 aromatic rings. The summed E-state index contributed by atoms with van der Waals surface area (Å²) in [4.78, 5) is 12.3. The van der Waals surface area contributed by atoms with Crippen molar-refractivity contribution in [2.24, 2.45) is 0 Å². The largest absolute Gasteiger partial charge is 0.273 e. The maximum Gasteiger partial charge on any atom is 0.273 e. The van der Waals surface area contributed by atoms with Gasteiger partial charge in [0.1, 0.15) is 17.5 Å². The summed E-state index contributed by atoms with van der Waals surface area (Å²) in [5.74, 6) is -0.630. The molecule has 0 aliphatic heterocycles. The molecule has 5 nitrogen and oxygen atoms in total. The number of thioether (sulfide) groups is 1. The van der Waals surface area contributed by atoms with Crippen molar-refractivity contribution in [1.29, 1.82) is 0 Å². The molecule has 0 saturated carbocycles. The lowest BCUT2D eigenvalue weighted by Gasteiger charge is -2.10. The van der Waals surface area contributed by atoms with Crippen LogP contribution in [0.15, 0.2) is 53.7 Å². The molecule has 1 heterocycles. The van der Waals surface area contributed by atoms with Gasteiger partial charge in [0, 0.05) is 5.75 Å². The van der Waals surface area contributed by atoms with Crippen LogP contribution in [0.1, 0.15) is 21.7 Å². The Labute approximate surface area is 147 Å². The van der Waals surface area contributed by atoms with E-state index < -0.39 is 11.7 Å². The van der Waals surface area contributed by atoms with Crippen molar-refractivity contribution >= 4 is 17.7 Å². The Morgan fingerprint density at radius 1 is 1.16 bits per heavy atom. The molecule has 25 heavy (non-hydrogen) atoms. The van der Waals surface area contributed by atoms with Crippen LogP contribution in [0.3, 0.4) is 0 Å². The van der Waals surface area contributed by atoms with Crippen LogP contribution in [-0.4, -0.2) is 20.8 Å². The van der Waals surface area contributed by atoms with Crippen LogP contribution in [0.2, 0.25) is 0 Å². The molecule has 0 spiro atoms. The van der Waals surface area contributed by atoms with Gasteiger partial charge in [-0.3, -0.25) is 10.2 Å². The zero-order chi connectivity index (χ0) is 17.8. The molecular weight excluding hydrogens is 346 g/mol. The molecule has 0 aliphatic carbocycles. The third-order valence-corrected chi connectivity index (χ3v) is 4.38. The Morgan fingerprint density at radius 2 is 1.96 bits per heavy atom. The number of benzene rings is 2. The van der Waals surface area contributed by atoms with E-state index >= 15 is 0 Å². The highest BCUT2D eigenvalue weighted by Gasteiger charge is 2.16. The Hall–Kier alpha value is -2.74. The van der Waals surface area contributed by atoms with Crippen molar-refractivity contribution in [3.63, 3.8) is 0 Å². The summed E-state index contributed by atoms with van der Waals surface area (Å²) in [6.45, 7) is 1.67. The molecule has 0 fully saturated rings. The Bertz CT molecular complexity index is 913. The summed E-state index contributed by atoms with van der Waals surface area (Å²) in [6, 6.07) is 11.9. The number of carbonyl (C=O) groups excluding carboxylic acids is 1. The van der Waals surface area contributed by atoms with Crippen LogP contribution in [0.25, 0.3) is 0 Å². The van der Waals surface area contributed by atoms with Crippen LogP contribution in [-0.2, 0) is 5.75 Å². The van der Waals surface area contributed by atoms with Gasteiger partial charge < -0.3 is 0 Å². The molecule has 0 saturated heterocycles. The first kappa shape index (κ1) is 17.1. The second kappa shape index (κ2) is 7.43. The first-order valence-electron chi connectivity index (χ1n) is 7.40. The van der Waals surface area contributed by atoms with Crippen molar-refractivity contribution in [3.8, 4) is 0 Å². The van der Waals surface area contributed by atoms with Crippen molar-refractivity contribution < 1.29 is 13.6 Å². The van der Waals surface area contributed by atoms with E-state index in [-0.39, 0.29) is 11.4 Å². The Kier molecular flexibility index (Phi) is 5.08. The average Bonchev–Trinajstić information content (AvgIpc) is 2.93. The van der Waals surface area contributed by atoms with Gasteiger partial charge in [-0.05, 0) is 36.8 Å². The average molecular weight is 360 g/mol. The van der Waals surface area contributed by atoms with Crippen molar-refractivity contribution in [2.75, 3.05) is 5.43 Å². The van der Waals surface area contributed by atoms with Crippen LogP contribution in [0, 0.1) is 18.6 Å². The molecule has 1 amide bonds. The number of aryl methyl sites for hydroxylation is 1. The lowest BCUT2D eigenvalue weighted by atomic mass is 10.2. The molecule has 0 radical (unpaired) electrons. The predicted molar refractivity (Wildman–Crippen MR) is 90.8 cm³/mol. The molecule has 2 aromatic carbocycles. The summed E-state index contributed by atoms with van der Waals surface area (Å²) < 4.78 is 28.4. The van der Waals surface area contributed by atoms with Crippen LogP contribution in [0.5, 0.6) is 0 Å². The number of nitrogens with one attached hydrogen (secondary N) is 1. The quantitative estimate of drug-likeness (QED) is 0.707. The van der Waals surface area contributed by atoms with Gasteiger partial charge in [-0.1, -0.05) is 36.0 Å². The molecule has 1 aromatic heterocycles. The molecule has 0 aliphatic rings. The lowest BCUT2D eigenvalue weighted by molar-refractivity contribution is 0.100. The maximum atomic E-state index is 13.7. The smallest absolute Gasteiger partial charge is 0.267 e. The number of amides is 1. The normalized spacial score (nSPS) is 10.7. The third-order valence-electron chi connectivity index (χ3n) is 3.38. The van der Waals surface area contributed by atoms with Gasteiger partial charge in [-0.2, -0.15) is 0 Å². The number of rotatable bonds is 5. The molecule has 128 valence electrons. The maximum absolute atomic E-state index is 13.7. The summed E-state index contributed by atoms with van der Waals surface area (Å²) >= 11 is 1.29. The monoisotopic (exact) mass is 360 g/mol. The topological polar surface area (TPSA) is 59.8 Å². The van der Waals surface area contributed by atoms with Crippen LogP contribution in [0.4, 0.5) is 8.78 Å². The fourth-order valence-corrected chi connectivity index (χ4v) is 3.03. The van der Waals surface area contributed by atoms with E-state index in [1.54, 1.807) is 25.1 Å². The molecule has 3 rings (SSSR count). The number of halogens is 2. The highest BCUT2D eigenvalue weighted by atomic mass is 32.2. The third kappa shape index (κ3) is 4.03.